The molecular formula is C17H15BrO6S. The second-order valence-corrected chi connectivity index (χ2v) is 6.57. The summed E-state index contributed by atoms with van der Waals surface area (Å²) in [5.74, 6) is 0.207. The van der Waals surface area contributed by atoms with Crippen LogP contribution >= 0.6 is 27.3 Å². The van der Waals surface area contributed by atoms with Crippen LogP contribution < -0.4 is 9.47 Å². The van der Waals surface area contributed by atoms with Gasteiger partial charge in [-0.05, 0) is 46.6 Å². The van der Waals surface area contributed by atoms with E-state index in [2.05, 4.69) is 15.9 Å². The minimum absolute atomic E-state index is 0.249. The van der Waals surface area contributed by atoms with Crippen LogP contribution in [0.3, 0.4) is 0 Å². The van der Waals surface area contributed by atoms with Crippen LogP contribution in [0.15, 0.2) is 22.7 Å². The number of esters is 1. The van der Waals surface area contributed by atoms with Crippen molar-refractivity contribution in [3.05, 3.63) is 33.1 Å². The van der Waals surface area contributed by atoms with E-state index in [-0.39, 0.29) is 19.0 Å². The normalized spacial score (nSPS) is 10.2. The zero-order valence-electron chi connectivity index (χ0n) is 13.5. The number of hydrogen-bond donors (Lipinski definition) is 0. The van der Waals surface area contributed by atoms with E-state index < -0.39 is 5.97 Å². The summed E-state index contributed by atoms with van der Waals surface area (Å²) in [6.45, 7) is 1.65. The largest absolute Gasteiger partial charge is 0.496 e. The lowest BCUT2D eigenvalue weighted by atomic mass is 10.1. The van der Waals surface area contributed by atoms with Crippen LogP contribution in [0.25, 0.3) is 10.4 Å². The fourth-order valence-corrected chi connectivity index (χ4v) is 3.99. The van der Waals surface area contributed by atoms with Crippen molar-refractivity contribution in [1.29, 1.82) is 0 Å². The molecule has 0 aliphatic carbocycles. The van der Waals surface area contributed by atoms with Crippen LogP contribution in [0.4, 0.5) is 0 Å². The minimum atomic E-state index is -0.522. The molecule has 132 valence electrons. The lowest BCUT2D eigenvalue weighted by molar-refractivity contribution is -0.145. The Bertz CT molecular complexity index is 799. The summed E-state index contributed by atoms with van der Waals surface area (Å²) >= 11 is 4.59. The Hall–Kier alpha value is -2.19. The molecule has 0 atom stereocenters. The first-order chi connectivity index (χ1) is 12.0. The minimum Gasteiger partial charge on any atom is -0.496 e. The maximum atomic E-state index is 11.5. The lowest BCUT2D eigenvalue weighted by Crippen LogP contribution is -2.14. The van der Waals surface area contributed by atoms with E-state index in [4.69, 9.17) is 14.2 Å². The van der Waals surface area contributed by atoms with Gasteiger partial charge in [-0.25, -0.2) is 4.79 Å². The third kappa shape index (κ3) is 4.26. The fraction of sp³-hybridized carbons (Fsp3) is 0.235. The van der Waals surface area contributed by atoms with Crippen LogP contribution in [0.2, 0.25) is 0 Å². The van der Waals surface area contributed by atoms with E-state index in [0.717, 1.165) is 0 Å². The third-order valence-electron chi connectivity index (χ3n) is 3.20. The van der Waals surface area contributed by atoms with E-state index in [0.29, 0.717) is 43.7 Å². The lowest BCUT2D eigenvalue weighted by Gasteiger charge is -2.07. The number of ether oxygens (including phenoxy) is 3. The molecule has 0 unspecified atom stereocenters. The molecule has 0 N–H and O–H groups in total. The summed E-state index contributed by atoms with van der Waals surface area (Å²) in [5.41, 5.74) is 1.11. The molecule has 0 aliphatic rings. The number of rotatable bonds is 8. The molecule has 0 spiro atoms. The number of carbonyl (C=O) groups excluding carboxylic acids is 3. The molecule has 1 aromatic carbocycles. The van der Waals surface area contributed by atoms with E-state index in [1.54, 1.807) is 25.1 Å². The first-order valence-corrected chi connectivity index (χ1v) is 8.86. The first kappa shape index (κ1) is 19.1. The van der Waals surface area contributed by atoms with E-state index in [9.17, 15) is 14.4 Å². The molecule has 0 bridgehead atoms. The molecule has 1 heterocycles. The van der Waals surface area contributed by atoms with Crippen LogP contribution in [-0.2, 0) is 9.53 Å². The molecule has 25 heavy (non-hydrogen) atoms. The van der Waals surface area contributed by atoms with Crippen molar-refractivity contribution in [3.63, 3.8) is 0 Å². The van der Waals surface area contributed by atoms with Gasteiger partial charge in [-0.1, -0.05) is 0 Å². The average molecular weight is 427 g/mol. The Morgan fingerprint density at radius 1 is 1.28 bits per heavy atom. The number of hydrogen-bond acceptors (Lipinski definition) is 7. The monoisotopic (exact) mass is 426 g/mol. The molecule has 0 amide bonds. The number of thiophene rings is 1. The van der Waals surface area contributed by atoms with Gasteiger partial charge in [0, 0.05) is 0 Å². The van der Waals surface area contributed by atoms with Gasteiger partial charge in [0.2, 0.25) is 0 Å². The SMILES string of the molecule is CCOC(=O)COc1c(C=O)sc(-c2ccc(OC)c(C=O)c2)c1Br. The third-order valence-corrected chi connectivity index (χ3v) is 5.36. The van der Waals surface area contributed by atoms with Gasteiger partial charge in [0.1, 0.15) is 10.6 Å². The predicted octanol–water partition coefficient (Wildman–Crippen LogP) is 3.75. The summed E-state index contributed by atoms with van der Waals surface area (Å²) in [6.07, 6.45) is 1.35. The van der Waals surface area contributed by atoms with Gasteiger partial charge in [-0.2, -0.15) is 0 Å². The van der Waals surface area contributed by atoms with Gasteiger partial charge < -0.3 is 14.2 Å². The van der Waals surface area contributed by atoms with Gasteiger partial charge >= 0.3 is 5.97 Å². The highest BCUT2D eigenvalue weighted by atomic mass is 79.9. The molecule has 2 aromatic rings. The Labute approximate surface area is 156 Å². The zero-order valence-corrected chi connectivity index (χ0v) is 15.9. The van der Waals surface area contributed by atoms with Crippen molar-refractivity contribution in [2.45, 2.75) is 6.92 Å². The quantitative estimate of drug-likeness (QED) is 0.472. The molecule has 1 aromatic heterocycles. The molecular weight excluding hydrogens is 412 g/mol. The van der Waals surface area contributed by atoms with Crippen molar-refractivity contribution in [2.75, 3.05) is 20.3 Å². The van der Waals surface area contributed by atoms with Crippen molar-refractivity contribution in [2.24, 2.45) is 0 Å². The second kappa shape index (κ2) is 8.77. The van der Waals surface area contributed by atoms with Gasteiger partial charge in [-0.15, -0.1) is 11.3 Å². The zero-order chi connectivity index (χ0) is 18.4. The summed E-state index contributed by atoms with van der Waals surface area (Å²) in [5, 5.41) is 0. The molecule has 6 nitrogen and oxygen atoms in total. The van der Waals surface area contributed by atoms with Gasteiger partial charge in [0.15, 0.2) is 24.9 Å². The number of halogens is 1. The van der Waals surface area contributed by atoms with Crippen molar-refractivity contribution in [3.8, 4) is 21.9 Å². The molecule has 0 saturated heterocycles. The molecule has 0 radical (unpaired) electrons. The van der Waals surface area contributed by atoms with Crippen molar-refractivity contribution >= 4 is 45.8 Å². The van der Waals surface area contributed by atoms with Gasteiger partial charge in [0.25, 0.3) is 0 Å². The summed E-state index contributed by atoms with van der Waals surface area (Å²) in [6, 6.07) is 5.10. The van der Waals surface area contributed by atoms with Crippen molar-refractivity contribution in [1.82, 2.24) is 0 Å². The van der Waals surface area contributed by atoms with E-state index in [1.165, 1.54) is 18.4 Å². The maximum Gasteiger partial charge on any atom is 0.344 e. The standard InChI is InChI=1S/C17H15BrO6S/c1-3-23-14(21)9-24-16-13(8-20)25-17(15(16)18)10-4-5-12(22-2)11(6-10)7-19/h4-8H,3,9H2,1-2H3. The number of methoxy groups -OCH3 is 1. The Balaban J connectivity index is 2.38. The van der Waals surface area contributed by atoms with Crippen LogP contribution in [0, 0.1) is 0 Å². The topological polar surface area (TPSA) is 78.9 Å². The number of aldehydes is 2. The molecule has 0 fully saturated rings. The average Bonchev–Trinajstić information content (AvgIpc) is 2.95. The van der Waals surface area contributed by atoms with Gasteiger partial charge in [0.05, 0.1) is 28.6 Å². The smallest absolute Gasteiger partial charge is 0.344 e. The van der Waals surface area contributed by atoms with Crippen LogP contribution in [0.1, 0.15) is 27.0 Å². The van der Waals surface area contributed by atoms with E-state index >= 15 is 0 Å². The predicted molar refractivity (Wildman–Crippen MR) is 96.9 cm³/mol. The summed E-state index contributed by atoms with van der Waals surface area (Å²) in [4.78, 5) is 35.0. The Morgan fingerprint density at radius 2 is 2.04 bits per heavy atom. The summed E-state index contributed by atoms with van der Waals surface area (Å²) < 4.78 is 15.9. The summed E-state index contributed by atoms with van der Waals surface area (Å²) in [7, 11) is 1.48. The Kier molecular flexibility index (Phi) is 6.72. The highest BCUT2D eigenvalue weighted by Gasteiger charge is 2.20. The van der Waals surface area contributed by atoms with Crippen LogP contribution in [0.5, 0.6) is 11.5 Å². The second-order valence-electron chi connectivity index (χ2n) is 4.72. The van der Waals surface area contributed by atoms with E-state index in [1.807, 2.05) is 0 Å². The fourth-order valence-electron chi connectivity index (χ4n) is 2.11. The highest BCUT2D eigenvalue weighted by Crippen LogP contribution is 2.45. The number of benzene rings is 1. The van der Waals surface area contributed by atoms with Crippen molar-refractivity contribution < 1.29 is 28.6 Å². The highest BCUT2D eigenvalue weighted by molar-refractivity contribution is 9.10. The molecule has 2 rings (SSSR count). The number of carbonyl (C=O) groups is 3. The molecule has 0 saturated carbocycles. The van der Waals surface area contributed by atoms with Gasteiger partial charge in [-0.3, -0.25) is 9.59 Å². The maximum absolute atomic E-state index is 11.5. The van der Waals surface area contributed by atoms with Crippen LogP contribution in [-0.4, -0.2) is 38.9 Å². The molecule has 0 aliphatic heterocycles. The Morgan fingerprint density at radius 3 is 2.64 bits per heavy atom. The molecule has 8 heteroatoms. The first-order valence-electron chi connectivity index (χ1n) is 7.25.